The largest absolute Gasteiger partial charge is 0.481 e. The summed E-state index contributed by atoms with van der Waals surface area (Å²) in [6.07, 6.45) is 0.310. The molecule has 1 atom stereocenters. The van der Waals surface area contributed by atoms with Crippen molar-refractivity contribution in [2.45, 2.75) is 46.6 Å². The number of carbonyl (C=O) groups excluding carboxylic acids is 1. The third-order valence-electron chi connectivity index (χ3n) is 1.70. The van der Waals surface area contributed by atoms with Crippen LogP contribution in [0.1, 0.15) is 41.0 Å². The second kappa shape index (κ2) is 5.14. The maximum Gasteiger partial charge on any atom is 0.320 e. The zero-order valence-corrected chi connectivity index (χ0v) is 10.0. The first-order valence-electron chi connectivity index (χ1n) is 5.09. The van der Waals surface area contributed by atoms with E-state index in [9.17, 15) is 9.59 Å². The van der Waals surface area contributed by atoms with Crippen LogP contribution in [0.15, 0.2) is 0 Å². The summed E-state index contributed by atoms with van der Waals surface area (Å²) in [5, 5.41) is 8.89. The Morgan fingerprint density at radius 3 is 2.00 bits per heavy atom. The highest BCUT2D eigenvalue weighted by atomic mass is 16.6. The SMILES string of the molecule is CC(C)CC(C(=O)O)C(=O)OC(C)(C)C. The molecule has 0 aliphatic rings. The average molecular weight is 216 g/mol. The molecule has 0 rings (SSSR count). The standard InChI is InChI=1S/C11H20O4/c1-7(2)6-8(9(12)13)10(14)15-11(3,4)5/h7-8H,6H2,1-5H3,(H,12,13). The number of rotatable bonds is 4. The van der Waals surface area contributed by atoms with E-state index in [1.165, 1.54) is 0 Å². The third-order valence-corrected chi connectivity index (χ3v) is 1.70. The first-order valence-corrected chi connectivity index (χ1v) is 5.09. The van der Waals surface area contributed by atoms with Crippen molar-refractivity contribution >= 4 is 11.9 Å². The molecule has 0 amide bonds. The van der Waals surface area contributed by atoms with Gasteiger partial charge in [0.1, 0.15) is 5.60 Å². The van der Waals surface area contributed by atoms with Gasteiger partial charge in [0.25, 0.3) is 0 Å². The summed E-state index contributed by atoms with van der Waals surface area (Å²) in [6.45, 7) is 8.91. The number of hydrogen-bond donors (Lipinski definition) is 1. The van der Waals surface area contributed by atoms with Gasteiger partial charge in [-0.15, -0.1) is 0 Å². The van der Waals surface area contributed by atoms with E-state index in [0.717, 1.165) is 0 Å². The summed E-state index contributed by atoms with van der Waals surface area (Å²) in [4.78, 5) is 22.4. The Balaban J connectivity index is 4.50. The van der Waals surface area contributed by atoms with Gasteiger partial charge in [0.15, 0.2) is 5.92 Å². The smallest absolute Gasteiger partial charge is 0.320 e. The van der Waals surface area contributed by atoms with E-state index in [1.54, 1.807) is 20.8 Å². The fraction of sp³-hybridized carbons (Fsp3) is 0.818. The summed E-state index contributed by atoms with van der Waals surface area (Å²) in [5.74, 6) is -2.66. The molecule has 0 spiro atoms. The lowest BCUT2D eigenvalue weighted by molar-refractivity contribution is -0.167. The van der Waals surface area contributed by atoms with E-state index >= 15 is 0 Å². The summed E-state index contributed by atoms with van der Waals surface area (Å²) in [5.41, 5.74) is -0.637. The van der Waals surface area contributed by atoms with Gasteiger partial charge < -0.3 is 9.84 Å². The molecule has 0 aromatic rings. The lowest BCUT2D eigenvalue weighted by Gasteiger charge is -2.22. The molecule has 0 heterocycles. The summed E-state index contributed by atoms with van der Waals surface area (Å²) in [6, 6.07) is 0. The second-order valence-electron chi connectivity index (χ2n) is 5.05. The molecular weight excluding hydrogens is 196 g/mol. The zero-order valence-electron chi connectivity index (χ0n) is 10.0. The summed E-state index contributed by atoms with van der Waals surface area (Å²) in [7, 11) is 0. The molecule has 4 nitrogen and oxygen atoms in total. The van der Waals surface area contributed by atoms with Crippen molar-refractivity contribution in [2.24, 2.45) is 11.8 Å². The van der Waals surface area contributed by atoms with Gasteiger partial charge in [-0.05, 0) is 33.1 Å². The van der Waals surface area contributed by atoms with Crippen LogP contribution in [-0.4, -0.2) is 22.6 Å². The van der Waals surface area contributed by atoms with Crippen LogP contribution in [-0.2, 0) is 14.3 Å². The van der Waals surface area contributed by atoms with Crippen LogP contribution in [0.5, 0.6) is 0 Å². The number of esters is 1. The lowest BCUT2D eigenvalue weighted by Crippen LogP contribution is -2.33. The van der Waals surface area contributed by atoms with Crippen LogP contribution in [0.4, 0.5) is 0 Å². The Labute approximate surface area is 90.6 Å². The molecule has 0 bridgehead atoms. The molecule has 1 N–H and O–H groups in total. The molecule has 1 unspecified atom stereocenters. The topological polar surface area (TPSA) is 63.6 Å². The highest BCUT2D eigenvalue weighted by Gasteiger charge is 2.31. The molecule has 0 aromatic heterocycles. The van der Waals surface area contributed by atoms with Crippen molar-refractivity contribution in [1.82, 2.24) is 0 Å². The van der Waals surface area contributed by atoms with E-state index in [2.05, 4.69) is 0 Å². The number of carboxylic acids is 1. The van der Waals surface area contributed by atoms with Crippen molar-refractivity contribution in [1.29, 1.82) is 0 Å². The van der Waals surface area contributed by atoms with Gasteiger partial charge in [0.05, 0.1) is 0 Å². The van der Waals surface area contributed by atoms with Gasteiger partial charge in [-0.3, -0.25) is 9.59 Å². The molecule has 0 radical (unpaired) electrons. The molecule has 15 heavy (non-hydrogen) atoms. The van der Waals surface area contributed by atoms with Gasteiger partial charge in [-0.1, -0.05) is 13.8 Å². The Morgan fingerprint density at radius 2 is 1.73 bits per heavy atom. The van der Waals surface area contributed by atoms with Gasteiger partial charge in [-0.25, -0.2) is 0 Å². The Hall–Kier alpha value is -1.06. The Morgan fingerprint density at radius 1 is 1.27 bits per heavy atom. The third kappa shape index (κ3) is 6.10. The van der Waals surface area contributed by atoms with Gasteiger partial charge in [0, 0.05) is 0 Å². The van der Waals surface area contributed by atoms with Gasteiger partial charge in [0.2, 0.25) is 0 Å². The van der Waals surface area contributed by atoms with E-state index in [1.807, 2.05) is 13.8 Å². The van der Waals surface area contributed by atoms with Crippen molar-refractivity contribution in [2.75, 3.05) is 0 Å². The van der Waals surface area contributed by atoms with Crippen LogP contribution in [0.3, 0.4) is 0 Å². The molecule has 0 saturated heterocycles. The lowest BCUT2D eigenvalue weighted by atomic mass is 9.97. The number of carboxylic acid groups (broad SMARTS) is 1. The van der Waals surface area contributed by atoms with Crippen LogP contribution in [0.25, 0.3) is 0 Å². The normalized spacial score (nSPS) is 13.7. The molecule has 0 aliphatic carbocycles. The van der Waals surface area contributed by atoms with E-state index in [0.29, 0.717) is 6.42 Å². The van der Waals surface area contributed by atoms with Crippen LogP contribution in [0, 0.1) is 11.8 Å². The Kier molecular flexibility index (Phi) is 4.78. The van der Waals surface area contributed by atoms with E-state index in [-0.39, 0.29) is 5.92 Å². The predicted molar refractivity (Wildman–Crippen MR) is 56.4 cm³/mol. The molecule has 0 saturated carbocycles. The number of aliphatic carboxylic acids is 1. The molecule has 4 heteroatoms. The van der Waals surface area contributed by atoms with Gasteiger partial charge >= 0.3 is 11.9 Å². The number of carbonyl (C=O) groups is 2. The molecule has 0 aromatic carbocycles. The van der Waals surface area contributed by atoms with Crippen molar-refractivity contribution in [3.05, 3.63) is 0 Å². The summed E-state index contributed by atoms with van der Waals surface area (Å²) >= 11 is 0. The first kappa shape index (κ1) is 13.9. The van der Waals surface area contributed by atoms with E-state index < -0.39 is 23.5 Å². The average Bonchev–Trinajstić information content (AvgIpc) is 1.95. The second-order valence-corrected chi connectivity index (χ2v) is 5.05. The van der Waals surface area contributed by atoms with Crippen molar-refractivity contribution < 1.29 is 19.4 Å². The molecular formula is C11H20O4. The molecule has 0 fully saturated rings. The van der Waals surface area contributed by atoms with Crippen molar-refractivity contribution in [3.63, 3.8) is 0 Å². The Bertz CT molecular complexity index is 237. The minimum atomic E-state index is -1.11. The first-order chi connectivity index (χ1) is 6.63. The monoisotopic (exact) mass is 216 g/mol. The number of hydrogen-bond acceptors (Lipinski definition) is 3. The van der Waals surface area contributed by atoms with E-state index in [4.69, 9.17) is 9.84 Å². The number of ether oxygens (including phenoxy) is 1. The van der Waals surface area contributed by atoms with Crippen LogP contribution < -0.4 is 0 Å². The minimum Gasteiger partial charge on any atom is -0.481 e. The fourth-order valence-corrected chi connectivity index (χ4v) is 1.14. The highest BCUT2D eigenvalue weighted by Crippen LogP contribution is 2.17. The molecule has 88 valence electrons. The predicted octanol–water partition coefficient (Wildman–Crippen LogP) is 2.07. The zero-order chi connectivity index (χ0) is 12.2. The highest BCUT2D eigenvalue weighted by molar-refractivity contribution is 5.94. The van der Waals surface area contributed by atoms with Crippen LogP contribution >= 0.6 is 0 Å². The van der Waals surface area contributed by atoms with Crippen LogP contribution in [0.2, 0.25) is 0 Å². The quantitative estimate of drug-likeness (QED) is 0.577. The summed E-state index contributed by atoms with van der Waals surface area (Å²) < 4.78 is 5.04. The molecule has 0 aliphatic heterocycles. The van der Waals surface area contributed by atoms with Crippen molar-refractivity contribution in [3.8, 4) is 0 Å². The maximum atomic E-state index is 11.5. The fourth-order valence-electron chi connectivity index (χ4n) is 1.14. The minimum absolute atomic E-state index is 0.151. The van der Waals surface area contributed by atoms with Gasteiger partial charge in [-0.2, -0.15) is 0 Å². The maximum absolute atomic E-state index is 11.5.